The highest BCUT2D eigenvalue weighted by atomic mass is 35.5. The average Bonchev–Trinajstić information content (AvgIpc) is 2.97. The molecule has 1 unspecified atom stereocenters. The molecule has 0 saturated carbocycles. The minimum absolute atomic E-state index is 0.134. The van der Waals surface area contributed by atoms with E-state index in [9.17, 15) is 0 Å². The minimum atomic E-state index is 0.134. The van der Waals surface area contributed by atoms with Crippen LogP contribution in [0, 0.1) is 5.41 Å². The Kier molecular flexibility index (Phi) is 4.50. The maximum absolute atomic E-state index is 6.59. The fraction of sp³-hybridized carbons (Fsp3) is 0.812. The van der Waals surface area contributed by atoms with Crippen molar-refractivity contribution < 1.29 is 0 Å². The molecule has 114 valence electrons. The van der Waals surface area contributed by atoms with Gasteiger partial charge in [0.05, 0.1) is 16.4 Å². The Balaban J connectivity index is 2.39. The lowest BCUT2D eigenvalue weighted by Crippen LogP contribution is -2.53. The molecular formula is C16H28ClN3. The highest BCUT2D eigenvalue weighted by molar-refractivity contribution is 6.31. The Hall–Kier alpha value is -0.540. The molecule has 1 saturated heterocycles. The quantitative estimate of drug-likeness (QED) is 0.915. The standard InChI is InChI=1S/C16H28ClN3/c1-6-12-14(17)13(20(7-2)19-12)11-16(15(3,4)5)9-8-10-18-16/h18H,6-11H2,1-5H3. The second-order valence-electron chi connectivity index (χ2n) is 6.92. The van der Waals surface area contributed by atoms with Gasteiger partial charge in [-0.25, -0.2) is 0 Å². The van der Waals surface area contributed by atoms with Crippen molar-refractivity contribution >= 4 is 11.6 Å². The van der Waals surface area contributed by atoms with E-state index in [1.165, 1.54) is 18.5 Å². The molecular weight excluding hydrogens is 270 g/mol. The Morgan fingerprint density at radius 2 is 2.05 bits per heavy atom. The van der Waals surface area contributed by atoms with Crippen molar-refractivity contribution in [2.24, 2.45) is 5.41 Å². The molecule has 1 fully saturated rings. The maximum atomic E-state index is 6.59. The first-order chi connectivity index (χ1) is 9.34. The summed E-state index contributed by atoms with van der Waals surface area (Å²) in [6, 6.07) is 0. The van der Waals surface area contributed by atoms with E-state index in [-0.39, 0.29) is 11.0 Å². The van der Waals surface area contributed by atoms with E-state index in [0.717, 1.165) is 36.6 Å². The third-order valence-electron chi connectivity index (χ3n) is 4.84. The van der Waals surface area contributed by atoms with Gasteiger partial charge in [-0.2, -0.15) is 5.10 Å². The average molecular weight is 298 g/mol. The van der Waals surface area contributed by atoms with Gasteiger partial charge in [-0.05, 0) is 38.1 Å². The van der Waals surface area contributed by atoms with Crippen LogP contribution < -0.4 is 5.32 Å². The predicted molar refractivity (Wildman–Crippen MR) is 85.4 cm³/mol. The summed E-state index contributed by atoms with van der Waals surface area (Å²) in [5.41, 5.74) is 2.58. The minimum Gasteiger partial charge on any atom is -0.310 e. The summed E-state index contributed by atoms with van der Waals surface area (Å²) >= 11 is 6.59. The maximum Gasteiger partial charge on any atom is 0.0850 e. The lowest BCUT2D eigenvalue weighted by molar-refractivity contribution is 0.156. The van der Waals surface area contributed by atoms with Crippen LogP contribution in [0.3, 0.4) is 0 Å². The van der Waals surface area contributed by atoms with Gasteiger partial charge in [0.1, 0.15) is 0 Å². The summed E-state index contributed by atoms with van der Waals surface area (Å²) in [5, 5.41) is 9.30. The summed E-state index contributed by atoms with van der Waals surface area (Å²) in [7, 11) is 0. The number of rotatable bonds is 4. The second-order valence-corrected chi connectivity index (χ2v) is 7.29. The lowest BCUT2D eigenvalue weighted by atomic mass is 9.70. The smallest absolute Gasteiger partial charge is 0.0850 e. The molecule has 20 heavy (non-hydrogen) atoms. The monoisotopic (exact) mass is 297 g/mol. The Labute approximate surface area is 128 Å². The molecule has 1 aliphatic rings. The van der Waals surface area contributed by atoms with Gasteiger partial charge in [0, 0.05) is 18.5 Å². The largest absolute Gasteiger partial charge is 0.310 e. The Morgan fingerprint density at radius 1 is 1.35 bits per heavy atom. The Morgan fingerprint density at radius 3 is 2.50 bits per heavy atom. The molecule has 1 N–H and O–H groups in total. The van der Waals surface area contributed by atoms with Crippen molar-refractivity contribution in [1.82, 2.24) is 15.1 Å². The van der Waals surface area contributed by atoms with Gasteiger partial charge < -0.3 is 5.32 Å². The van der Waals surface area contributed by atoms with Crippen LogP contribution in [0.2, 0.25) is 5.02 Å². The van der Waals surface area contributed by atoms with Gasteiger partial charge >= 0.3 is 0 Å². The Bertz CT molecular complexity index is 465. The molecule has 2 heterocycles. The topological polar surface area (TPSA) is 29.9 Å². The number of aromatic nitrogens is 2. The zero-order chi connectivity index (χ0) is 15.0. The van der Waals surface area contributed by atoms with Gasteiger partial charge in [-0.15, -0.1) is 0 Å². The van der Waals surface area contributed by atoms with Crippen molar-refractivity contribution in [1.29, 1.82) is 0 Å². The van der Waals surface area contributed by atoms with E-state index >= 15 is 0 Å². The molecule has 1 aliphatic heterocycles. The molecule has 0 aromatic carbocycles. The van der Waals surface area contributed by atoms with Gasteiger partial charge in [0.25, 0.3) is 0 Å². The van der Waals surface area contributed by atoms with E-state index in [1.54, 1.807) is 0 Å². The van der Waals surface area contributed by atoms with E-state index in [1.807, 2.05) is 0 Å². The van der Waals surface area contributed by atoms with Crippen molar-refractivity contribution in [2.45, 2.75) is 72.4 Å². The van der Waals surface area contributed by atoms with Gasteiger partial charge in [0.15, 0.2) is 0 Å². The normalized spacial score (nSPS) is 23.5. The summed E-state index contributed by atoms with van der Waals surface area (Å²) < 4.78 is 2.09. The number of hydrogen-bond acceptors (Lipinski definition) is 2. The number of halogens is 1. The van der Waals surface area contributed by atoms with E-state index in [0.29, 0.717) is 0 Å². The first-order valence-electron chi connectivity index (χ1n) is 7.83. The number of aryl methyl sites for hydroxylation is 2. The highest BCUT2D eigenvalue weighted by Gasteiger charge is 2.44. The molecule has 0 spiro atoms. The van der Waals surface area contributed by atoms with Crippen molar-refractivity contribution in [3.63, 3.8) is 0 Å². The van der Waals surface area contributed by atoms with Crippen LogP contribution in [0.15, 0.2) is 0 Å². The first-order valence-corrected chi connectivity index (χ1v) is 8.21. The molecule has 3 nitrogen and oxygen atoms in total. The van der Waals surface area contributed by atoms with Crippen LogP contribution in [0.1, 0.15) is 58.8 Å². The third-order valence-corrected chi connectivity index (χ3v) is 5.28. The first kappa shape index (κ1) is 15.8. The fourth-order valence-electron chi connectivity index (χ4n) is 3.33. The van der Waals surface area contributed by atoms with E-state index in [2.05, 4.69) is 49.7 Å². The summed E-state index contributed by atoms with van der Waals surface area (Å²) in [6.07, 6.45) is 4.32. The third kappa shape index (κ3) is 2.62. The van der Waals surface area contributed by atoms with Crippen LogP contribution in [-0.4, -0.2) is 21.9 Å². The summed E-state index contributed by atoms with van der Waals surface area (Å²) in [5.74, 6) is 0. The molecule has 1 atom stereocenters. The van der Waals surface area contributed by atoms with E-state index < -0.39 is 0 Å². The van der Waals surface area contributed by atoms with Crippen LogP contribution in [0.25, 0.3) is 0 Å². The van der Waals surface area contributed by atoms with Crippen LogP contribution in [0.5, 0.6) is 0 Å². The predicted octanol–water partition coefficient (Wildman–Crippen LogP) is 3.83. The van der Waals surface area contributed by atoms with Crippen molar-refractivity contribution in [3.05, 3.63) is 16.4 Å². The lowest BCUT2D eigenvalue weighted by Gasteiger charge is -2.42. The molecule has 1 aromatic heterocycles. The molecule has 0 aliphatic carbocycles. The summed E-state index contributed by atoms with van der Waals surface area (Å²) in [4.78, 5) is 0. The zero-order valence-electron chi connectivity index (χ0n) is 13.5. The van der Waals surface area contributed by atoms with Gasteiger partial charge in [0.2, 0.25) is 0 Å². The SMILES string of the molecule is CCc1nn(CC)c(CC2(C(C)(C)C)CCCN2)c1Cl. The van der Waals surface area contributed by atoms with E-state index in [4.69, 9.17) is 11.6 Å². The highest BCUT2D eigenvalue weighted by Crippen LogP contribution is 2.41. The van der Waals surface area contributed by atoms with Crippen molar-refractivity contribution in [3.8, 4) is 0 Å². The molecule has 0 radical (unpaired) electrons. The molecule has 4 heteroatoms. The molecule has 1 aromatic rings. The number of nitrogens with one attached hydrogen (secondary N) is 1. The molecule has 0 amide bonds. The summed E-state index contributed by atoms with van der Waals surface area (Å²) in [6.45, 7) is 13.2. The molecule has 0 bridgehead atoms. The second kappa shape index (κ2) is 5.69. The van der Waals surface area contributed by atoms with Gasteiger partial charge in [-0.3, -0.25) is 4.68 Å². The fourth-order valence-corrected chi connectivity index (χ4v) is 3.67. The molecule has 2 rings (SSSR count). The van der Waals surface area contributed by atoms with Crippen LogP contribution >= 0.6 is 11.6 Å². The van der Waals surface area contributed by atoms with Crippen molar-refractivity contribution in [2.75, 3.05) is 6.54 Å². The van der Waals surface area contributed by atoms with Crippen LogP contribution in [0.4, 0.5) is 0 Å². The zero-order valence-corrected chi connectivity index (χ0v) is 14.3. The van der Waals surface area contributed by atoms with Crippen LogP contribution in [-0.2, 0) is 19.4 Å². The number of nitrogens with zero attached hydrogens (tertiary/aromatic N) is 2. The number of hydrogen-bond donors (Lipinski definition) is 1. The van der Waals surface area contributed by atoms with Gasteiger partial charge in [-0.1, -0.05) is 39.3 Å².